The van der Waals surface area contributed by atoms with Crippen molar-refractivity contribution in [2.45, 2.75) is 6.68 Å². The Bertz CT molecular complexity index is 135. The van der Waals surface area contributed by atoms with Crippen molar-refractivity contribution >= 4 is 10.4 Å². The second kappa shape index (κ2) is 10.9. The van der Waals surface area contributed by atoms with E-state index in [4.69, 9.17) is 17.5 Å². The molecule has 0 aromatic rings. The van der Waals surface area contributed by atoms with Crippen LogP contribution in [-0.4, -0.2) is 24.2 Å². The van der Waals surface area contributed by atoms with Crippen LogP contribution in [0, 0.1) is 0 Å². The molecule has 0 unspecified atom stereocenters. The standard InChI is InChI=1S/CHF3.2Li.H2O4S/c2-1(3)4;;;1-5(2,3)4/h1H;;;(H2,1,2,3,4)/q;2*+1;/p-2. The summed E-state index contributed by atoms with van der Waals surface area (Å²) in [6.45, 7) is -3.67. The summed E-state index contributed by atoms with van der Waals surface area (Å²) in [6, 6.07) is 0. The van der Waals surface area contributed by atoms with Crippen LogP contribution in [0.3, 0.4) is 0 Å². The summed E-state index contributed by atoms with van der Waals surface area (Å²) in [7, 11) is -5.17. The molecule has 0 radical (unpaired) electrons. The Hall–Kier alpha value is 0.855. The van der Waals surface area contributed by atoms with Crippen molar-refractivity contribution in [3.63, 3.8) is 0 Å². The van der Waals surface area contributed by atoms with Crippen LogP contribution in [0.15, 0.2) is 0 Å². The SMILES string of the molecule is FC(F)F.O=S(=O)([O-])[O-].[Li+].[Li+]. The van der Waals surface area contributed by atoms with Gasteiger partial charge in [-0.05, 0) is 0 Å². The predicted octanol–water partition coefficient (Wildman–Crippen LogP) is -6.15. The number of rotatable bonds is 0. The molecule has 58 valence electrons. The van der Waals surface area contributed by atoms with Gasteiger partial charge in [0.05, 0.1) is 0 Å². The monoisotopic (exact) mass is 180 g/mol. The number of alkyl halides is 3. The first kappa shape index (κ1) is 22.6. The van der Waals surface area contributed by atoms with E-state index in [1.165, 1.54) is 0 Å². The van der Waals surface area contributed by atoms with Gasteiger partial charge in [0.2, 0.25) is 0 Å². The molecule has 0 fully saturated rings. The first-order valence-corrected chi connectivity index (χ1v) is 2.65. The van der Waals surface area contributed by atoms with Crippen LogP contribution < -0.4 is 37.7 Å². The summed E-state index contributed by atoms with van der Waals surface area (Å²) in [5, 5.41) is 0. The van der Waals surface area contributed by atoms with E-state index in [1.807, 2.05) is 0 Å². The third-order valence-corrected chi connectivity index (χ3v) is 0. The van der Waals surface area contributed by atoms with E-state index in [-0.39, 0.29) is 37.7 Å². The van der Waals surface area contributed by atoms with Crippen molar-refractivity contribution in [1.29, 1.82) is 0 Å². The molecule has 0 bridgehead atoms. The Morgan fingerprint density at radius 3 is 1.00 bits per heavy atom. The molecule has 0 aliphatic carbocycles. The quantitative estimate of drug-likeness (QED) is 0.211. The summed E-state index contributed by atoms with van der Waals surface area (Å²) >= 11 is 0. The normalized spacial score (nSPS) is 8.55. The summed E-state index contributed by atoms with van der Waals surface area (Å²) < 4.78 is 63.1. The van der Waals surface area contributed by atoms with Crippen LogP contribution in [0.2, 0.25) is 0 Å². The van der Waals surface area contributed by atoms with E-state index in [0.717, 1.165) is 0 Å². The summed E-state index contributed by atoms with van der Waals surface area (Å²) in [5.74, 6) is 0. The molecule has 0 atom stereocenters. The average Bonchev–Trinajstić information content (AvgIpc) is 1.19. The molecule has 0 saturated heterocycles. The summed E-state index contributed by atoms with van der Waals surface area (Å²) in [4.78, 5) is 0. The molecule has 0 heterocycles. The second-order valence-corrected chi connectivity index (χ2v) is 1.47. The first-order chi connectivity index (χ1) is 3.73. The molecule has 0 saturated carbocycles. The molecule has 0 spiro atoms. The fraction of sp³-hybridized carbons (Fsp3) is 1.00. The third-order valence-electron chi connectivity index (χ3n) is 0. The van der Waals surface area contributed by atoms with E-state index in [2.05, 4.69) is 0 Å². The molecule has 11 heavy (non-hydrogen) atoms. The largest absolute Gasteiger partial charge is 1.00 e. The molecule has 0 aliphatic rings. The summed E-state index contributed by atoms with van der Waals surface area (Å²) in [6.07, 6.45) is 0. The molecule has 0 aromatic carbocycles. The second-order valence-electron chi connectivity index (χ2n) is 0.656. The van der Waals surface area contributed by atoms with Gasteiger partial charge in [-0.2, -0.15) is 13.2 Å². The van der Waals surface area contributed by atoms with Crippen molar-refractivity contribution in [2.24, 2.45) is 0 Å². The van der Waals surface area contributed by atoms with Gasteiger partial charge in [-0.25, -0.2) is 0 Å². The van der Waals surface area contributed by atoms with Gasteiger partial charge in [0, 0.05) is 10.4 Å². The smallest absolute Gasteiger partial charge is 0.759 e. The van der Waals surface area contributed by atoms with Crippen LogP contribution in [0.1, 0.15) is 0 Å². The Labute approximate surface area is 85.5 Å². The molecule has 0 N–H and O–H groups in total. The maximum absolute atomic E-state index is 9.67. The van der Waals surface area contributed by atoms with Crippen molar-refractivity contribution in [3.8, 4) is 0 Å². The van der Waals surface area contributed by atoms with Gasteiger partial charge in [-0.1, -0.05) is 0 Å². The van der Waals surface area contributed by atoms with Crippen LogP contribution in [0.5, 0.6) is 0 Å². The molecule has 0 aliphatic heterocycles. The van der Waals surface area contributed by atoms with Gasteiger partial charge >= 0.3 is 44.4 Å². The molecule has 0 aromatic heterocycles. The van der Waals surface area contributed by atoms with Crippen molar-refractivity contribution in [3.05, 3.63) is 0 Å². The predicted molar refractivity (Wildman–Crippen MR) is 17.6 cm³/mol. The van der Waals surface area contributed by atoms with E-state index in [0.29, 0.717) is 0 Å². The van der Waals surface area contributed by atoms with E-state index in [1.54, 1.807) is 0 Å². The number of hydrogen-bond donors (Lipinski definition) is 0. The fourth-order valence-electron chi connectivity index (χ4n) is 0. The van der Waals surface area contributed by atoms with Gasteiger partial charge in [0.1, 0.15) is 0 Å². The minimum atomic E-state index is -5.17. The first-order valence-electron chi connectivity index (χ1n) is 1.32. The van der Waals surface area contributed by atoms with E-state index < -0.39 is 17.1 Å². The van der Waals surface area contributed by atoms with Crippen molar-refractivity contribution in [2.75, 3.05) is 0 Å². The molecule has 10 heteroatoms. The molecule has 0 amide bonds. The Morgan fingerprint density at radius 2 is 1.00 bits per heavy atom. The maximum Gasteiger partial charge on any atom is 1.00 e. The van der Waals surface area contributed by atoms with Gasteiger partial charge in [0.15, 0.2) is 0 Å². The van der Waals surface area contributed by atoms with Crippen LogP contribution in [-0.2, 0) is 10.4 Å². The Morgan fingerprint density at radius 1 is 1.00 bits per heavy atom. The number of halogens is 3. The Kier molecular flexibility index (Phi) is 22.3. The van der Waals surface area contributed by atoms with Crippen molar-refractivity contribution < 1.29 is 68.4 Å². The Balaban J connectivity index is -0.0000000383. The third kappa shape index (κ3) is 1160. The minimum Gasteiger partial charge on any atom is -0.759 e. The fourth-order valence-corrected chi connectivity index (χ4v) is 0. The average molecular weight is 180 g/mol. The maximum atomic E-state index is 9.67. The van der Waals surface area contributed by atoms with Crippen LogP contribution in [0.4, 0.5) is 13.2 Å². The number of hydrogen-bond acceptors (Lipinski definition) is 4. The van der Waals surface area contributed by atoms with Crippen LogP contribution >= 0.6 is 0 Å². The van der Waals surface area contributed by atoms with Crippen LogP contribution in [0.25, 0.3) is 0 Å². The summed E-state index contributed by atoms with van der Waals surface area (Å²) in [5.41, 5.74) is 0. The van der Waals surface area contributed by atoms with Gasteiger partial charge in [-0.3, -0.25) is 8.42 Å². The zero-order chi connectivity index (χ0) is 8.08. The van der Waals surface area contributed by atoms with Gasteiger partial charge in [0.25, 0.3) is 0 Å². The van der Waals surface area contributed by atoms with Gasteiger partial charge < -0.3 is 9.11 Å². The zero-order valence-corrected chi connectivity index (χ0v) is 6.57. The minimum absolute atomic E-state index is 0. The van der Waals surface area contributed by atoms with E-state index in [9.17, 15) is 13.2 Å². The molecule has 0 rings (SSSR count). The zero-order valence-electron chi connectivity index (χ0n) is 5.75. The topological polar surface area (TPSA) is 80.3 Å². The van der Waals surface area contributed by atoms with Gasteiger partial charge in [-0.15, -0.1) is 0 Å². The van der Waals surface area contributed by atoms with Crippen molar-refractivity contribution in [1.82, 2.24) is 0 Å². The molecule has 4 nitrogen and oxygen atoms in total. The molecular weight excluding hydrogens is 179 g/mol. The molecular formula is CHF3Li2O4S. The van der Waals surface area contributed by atoms with E-state index >= 15 is 0 Å².